The molecule has 1 aromatic carbocycles. The van der Waals surface area contributed by atoms with E-state index < -0.39 is 11.7 Å². The van der Waals surface area contributed by atoms with Gasteiger partial charge in [0.1, 0.15) is 17.2 Å². The third kappa shape index (κ3) is 5.14. The molecule has 0 spiro atoms. The number of primary amides is 1. The van der Waals surface area contributed by atoms with Crippen LogP contribution in [0.1, 0.15) is 29.2 Å². The molecule has 4 N–H and O–H groups in total. The minimum absolute atomic E-state index is 0.0431. The topological polar surface area (TPSA) is 131 Å². The molecule has 1 saturated heterocycles. The van der Waals surface area contributed by atoms with Crippen molar-refractivity contribution in [3.05, 3.63) is 66.9 Å². The Labute approximate surface area is 189 Å². The molecule has 0 aliphatic carbocycles. The minimum atomic E-state index is -0.718. The second-order valence-corrected chi connectivity index (χ2v) is 7.57. The molecule has 0 radical (unpaired) electrons. The van der Waals surface area contributed by atoms with Gasteiger partial charge in [-0.3, -0.25) is 14.3 Å². The van der Waals surface area contributed by atoms with Crippen LogP contribution in [0.15, 0.2) is 55.5 Å². The van der Waals surface area contributed by atoms with Gasteiger partial charge in [-0.15, -0.1) is 0 Å². The van der Waals surface area contributed by atoms with Crippen molar-refractivity contribution in [3.8, 4) is 0 Å². The van der Waals surface area contributed by atoms with Gasteiger partial charge in [0.25, 0.3) is 5.91 Å². The van der Waals surface area contributed by atoms with Crippen molar-refractivity contribution in [2.75, 3.05) is 23.7 Å². The van der Waals surface area contributed by atoms with Crippen LogP contribution in [-0.4, -0.2) is 49.6 Å². The van der Waals surface area contributed by atoms with E-state index in [4.69, 9.17) is 5.73 Å². The van der Waals surface area contributed by atoms with E-state index in [0.29, 0.717) is 24.5 Å². The van der Waals surface area contributed by atoms with Crippen molar-refractivity contribution in [2.45, 2.75) is 18.9 Å². The average Bonchev–Trinajstić information content (AvgIpc) is 3.27. The zero-order valence-electron chi connectivity index (χ0n) is 17.7. The lowest BCUT2D eigenvalue weighted by molar-refractivity contribution is -0.127. The van der Waals surface area contributed by atoms with Crippen LogP contribution in [0.5, 0.6) is 0 Å². The molecule has 1 aliphatic rings. The highest BCUT2D eigenvalue weighted by molar-refractivity contribution is 5.98. The van der Waals surface area contributed by atoms with Crippen LogP contribution in [0.25, 0.3) is 0 Å². The fourth-order valence-electron chi connectivity index (χ4n) is 3.65. The Bertz CT molecular complexity index is 1190. The maximum Gasteiger partial charge on any atom is 0.254 e. The van der Waals surface area contributed by atoms with E-state index in [-0.39, 0.29) is 29.3 Å². The number of benzene rings is 1. The van der Waals surface area contributed by atoms with E-state index >= 15 is 0 Å². The van der Waals surface area contributed by atoms with Crippen LogP contribution in [0.3, 0.4) is 0 Å². The van der Waals surface area contributed by atoms with Crippen LogP contribution in [-0.2, 0) is 4.79 Å². The van der Waals surface area contributed by atoms with Crippen LogP contribution >= 0.6 is 0 Å². The molecule has 10 nitrogen and oxygen atoms in total. The molecule has 0 bridgehead atoms. The Balaban J connectivity index is 1.51. The molecule has 0 unspecified atom stereocenters. The van der Waals surface area contributed by atoms with Gasteiger partial charge in [0.2, 0.25) is 11.9 Å². The fraction of sp³-hybridized carbons (Fsp3) is 0.227. The van der Waals surface area contributed by atoms with Crippen molar-refractivity contribution in [1.82, 2.24) is 24.6 Å². The number of piperidine rings is 1. The molecule has 3 heterocycles. The summed E-state index contributed by atoms with van der Waals surface area (Å²) in [5.41, 5.74) is 6.53. The summed E-state index contributed by atoms with van der Waals surface area (Å²) in [7, 11) is 0. The standard InChI is InChI=1S/C22H23FN8O2/c1-2-19(32)30-8-4-7-17(13-30)31-12-16(10-26-31)28-22-25-11-18(20(24)33)21(29-22)27-15-6-3-5-14(23)9-15/h2-3,5-6,9-12,17H,1,4,7-8,13H2,(H2,24,33)(H2,25,27,28,29)/t17-/m0/s1. The molecule has 1 atom stereocenters. The predicted molar refractivity (Wildman–Crippen MR) is 121 cm³/mol. The number of nitrogens with two attached hydrogens (primary N) is 1. The number of nitrogens with zero attached hydrogens (tertiary/aromatic N) is 5. The number of anilines is 4. The maximum absolute atomic E-state index is 13.5. The molecule has 2 aromatic heterocycles. The van der Waals surface area contributed by atoms with Gasteiger partial charge in [0.15, 0.2) is 0 Å². The van der Waals surface area contributed by atoms with Gasteiger partial charge >= 0.3 is 0 Å². The molecular weight excluding hydrogens is 427 g/mol. The second kappa shape index (κ2) is 9.47. The highest BCUT2D eigenvalue weighted by Crippen LogP contribution is 2.25. The number of rotatable bonds is 7. The number of halogens is 1. The van der Waals surface area contributed by atoms with E-state index in [9.17, 15) is 14.0 Å². The van der Waals surface area contributed by atoms with Gasteiger partial charge in [0, 0.05) is 31.2 Å². The van der Waals surface area contributed by atoms with Crippen molar-refractivity contribution in [3.63, 3.8) is 0 Å². The molecule has 2 amide bonds. The third-order valence-electron chi connectivity index (χ3n) is 5.26. The van der Waals surface area contributed by atoms with Gasteiger partial charge < -0.3 is 21.3 Å². The van der Waals surface area contributed by atoms with Crippen LogP contribution in [0.2, 0.25) is 0 Å². The third-order valence-corrected chi connectivity index (χ3v) is 5.26. The Hall–Kier alpha value is -4.28. The highest BCUT2D eigenvalue weighted by atomic mass is 19.1. The molecule has 1 aliphatic heterocycles. The van der Waals surface area contributed by atoms with Gasteiger partial charge in [0.05, 0.1) is 17.9 Å². The van der Waals surface area contributed by atoms with Gasteiger partial charge in [-0.25, -0.2) is 9.37 Å². The van der Waals surface area contributed by atoms with Crippen LogP contribution in [0, 0.1) is 5.82 Å². The zero-order valence-corrected chi connectivity index (χ0v) is 17.7. The first-order valence-electron chi connectivity index (χ1n) is 10.3. The number of aromatic nitrogens is 4. The zero-order chi connectivity index (χ0) is 23.4. The molecule has 4 rings (SSSR count). The summed E-state index contributed by atoms with van der Waals surface area (Å²) in [5.74, 6) is -0.901. The molecule has 3 aromatic rings. The lowest BCUT2D eigenvalue weighted by Gasteiger charge is -2.32. The monoisotopic (exact) mass is 450 g/mol. The van der Waals surface area contributed by atoms with Crippen molar-refractivity contribution in [1.29, 1.82) is 0 Å². The first-order chi connectivity index (χ1) is 15.9. The summed E-state index contributed by atoms with van der Waals surface area (Å²) in [5, 5.41) is 10.3. The van der Waals surface area contributed by atoms with E-state index in [0.717, 1.165) is 12.8 Å². The average molecular weight is 450 g/mol. The van der Waals surface area contributed by atoms with Crippen molar-refractivity contribution < 1.29 is 14.0 Å². The summed E-state index contributed by atoms with van der Waals surface area (Å²) in [4.78, 5) is 33.9. The number of carbonyl (C=O) groups excluding carboxylic acids is 2. The summed E-state index contributed by atoms with van der Waals surface area (Å²) >= 11 is 0. The number of carbonyl (C=O) groups is 2. The molecule has 33 heavy (non-hydrogen) atoms. The fourth-order valence-corrected chi connectivity index (χ4v) is 3.65. The Morgan fingerprint density at radius 3 is 2.85 bits per heavy atom. The Morgan fingerprint density at radius 1 is 1.24 bits per heavy atom. The lowest BCUT2D eigenvalue weighted by atomic mass is 10.1. The first-order valence-corrected chi connectivity index (χ1v) is 10.3. The number of hydrogen-bond donors (Lipinski definition) is 3. The normalized spacial score (nSPS) is 15.7. The van der Waals surface area contributed by atoms with E-state index in [1.807, 2.05) is 0 Å². The number of likely N-dealkylation sites (tertiary alicyclic amines) is 1. The van der Waals surface area contributed by atoms with Gasteiger partial charge in [-0.1, -0.05) is 12.6 Å². The van der Waals surface area contributed by atoms with E-state index in [1.54, 1.807) is 28.0 Å². The van der Waals surface area contributed by atoms with Crippen molar-refractivity contribution in [2.24, 2.45) is 5.73 Å². The summed E-state index contributed by atoms with van der Waals surface area (Å²) < 4.78 is 15.3. The molecule has 170 valence electrons. The van der Waals surface area contributed by atoms with Crippen molar-refractivity contribution >= 4 is 35.0 Å². The van der Waals surface area contributed by atoms with E-state index in [2.05, 4.69) is 32.3 Å². The molecule has 1 fully saturated rings. The van der Waals surface area contributed by atoms with Crippen LogP contribution < -0.4 is 16.4 Å². The van der Waals surface area contributed by atoms with Crippen LogP contribution in [0.4, 0.5) is 27.5 Å². The number of amides is 2. The first kappa shape index (κ1) is 21.9. The summed E-state index contributed by atoms with van der Waals surface area (Å²) in [6, 6.07) is 5.79. The molecule has 0 saturated carbocycles. The number of hydrogen-bond acceptors (Lipinski definition) is 7. The van der Waals surface area contributed by atoms with Gasteiger partial charge in [-0.05, 0) is 37.1 Å². The largest absolute Gasteiger partial charge is 0.365 e. The second-order valence-electron chi connectivity index (χ2n) is 7.57. The Kier molecular flexibility index (Phi) is 6.29. The smallest absolute Gasteiger partial charge is 0.254 e. The lowest BCUT2D eigenvalue weighted by Crippen LogP contribution is -2.39. The quantitative estimate of drug-likeness (QED) is 0.472. The molecular formula is C22H23FN8O2. The Morgan fingerprint density at radius 2 is 2.09 bits per heavy atom. The number of nitrogens with one attached hydrogen (secondary N) is 2. The minimum Gasteiger partial charge on any atom is -0.365 e. The maximum atomic E-state index is 13.5. The summed E-state index contributed by atoms with van der Waals surface area (Å²) in [6.45, 7) is 4.81. The SMILES string of the molecule is C=CC(=O)N1CCC[C@H](n2cc(Nc3ncc(C(N)=O)c(Nc4cccc(F)c4)n3)cn2)C1. The van der Waals surface area contributed by atoms with E-state index in [1.165, 1.54) is 30.5 Å². The predicted octanol–water partition coefficient (Wildman–Crippen LogP) is 2.75. The summed E-state index contributed by atoms with van der Waals surface area (Å²) in [6.07, 6.45) is 7.81. The molecule has 11 heteroatoms. The highest BCUT2D eigenvalue weighted by Gasteiger charge is 2.24. The van der Waals surface area contributed by atoms with Gasteiger partial charge in [-0.2, -0.15) is 10.1 Å².